The molecule has 1 aliphatic carbocycles. The lowest BCUT2D eigenvalue weighted by atomic mass is 9.67. The minimum absolute atomic E-state index is 0.274. The fourth-order valence-corrected chi connectivity index (χ4v) is 4.80. The average molecular weight is 311 g/mol. The molecule has 0 aromatic rings. The summed E-state index contributed by atoms with van der Waals surface area (Å²) in [6.07, 6.45) is 4.83. The summed E-state index contributed by atoms with van der Waals surface area (Å²) in [6.45, 7) is 15.0. The SMILES string of the molecule is CCN(CC)CCSC1CC(C(C)(C)CC)CCC1C#N. The van der Waals surface area contributed by atoms with Crippen molar-refractivity contribution < 1.29 is 0 Å². The van der Waals surface area contributed by atoms with Gasteiger partial charge in [-0.3, -0.25) is 0 Å². The normalized spacial score (nSPS) is 26.8. The first kappa shape index (κ1) is 18.8. The van der Waals surface area contributed by atoms with Gasteiger partial charge < -0.3 is 4.90 Å². The quantitative estimate of drug-likeness (QED) is 0.644. The molecule has 0 spiro atoms. The van der Waals surface area contributed by atoms with Crippen molar-refractivity contribution >= 4 is 11.8 Å². The lowest BCUT2D eigenvalue weighted by Crippen LogP contribution is -2.35. The Hall–Kier alpha value is -0.200. The van der Waals surface area contributed by atoms with E-state index in [-0.39, 0.29) is 5.92 Å². The zero-order valence-corrected chi connectivity index (χ0v) is 15.5. The van der Waals surface area contributed by atoms with Gasteiger partial charge >= 0.3 is 0 Å². The Morgan fingerprint density at radius 3 is 2.38 bits per heavy atom. The molecule has 0 radical (unpaired) electrons. The van der Waals surface area contributed by atoms with Gasteiger partial charge in [0.25, 0.3) is 0 Å². The van der Waals surface area contributed by atoms with E-state index in [4.69, 9.17) is 0 Å². The van der Waals surface area contributed by atoms with E-state index in [2.05, 4.69) is 57.3 Å². The summed E-state index contributed by atoms with van der Waals surface area (Å²) < 4.78 is 0. The predicted octanol–water partition coefficient (Wildman–Crippen LogP) is 4.81. The minimum Gasteiger partial charge on any atom is -0.303 e. The van der Waals surface area contributed by atoms with Crippen molar-refractivity contribution in [3.8, 4) is 6.07 Å². The number of thioether (sulfide) groups is 1. The van der Waals surface area contributed by atoms with E-state index in [1.165, 1.54) is 25.0 Å². The number of hydrogen-bond donors (Lipinski definition) is 0. The highest BCUT2D eigenvalue weighted by Gasteiger charge is 2.37. The maximum atomic E-state index is 9.43. The topological polar surface area (TPSA) is 27.0 Å². The summed E-state index contributed by atoms with van der Waals surface area (Å²) in [6, 6.07) is 2.58. The largest absolute Gasteiger partial charge is 0.303 e. The van der Waals surface area contributed by atoms with Gasteiger partial charge in [-0.05, 0) is 43.7 Å². The highest BCUT2D eigenvalue weighted by molar-refractivity contribution is 7.99. The van der Waals surface area contributed by atoms with Crippen molar-refractivity contribution in [2.45, 2.75) is 65.6 Å². The summed E-state index contributed by atoms with van der Waals surface area (Å²) in [5.41, 5.74) is 0.429. The highest BCUT2D eigenvalue weighted by Crippen LogP contribution is 2.45. The second kappa shape index (κ2) is 9.06. The third kappa shape index (κ3) is 5.49. The van der Waals surface area contributed by atoms with Crippen molar-refractivity contribution in [2.24, 2.45) is 17.3 Å². The molecule has 3 unspecified atom stereocenters. The van der Waals surface area contributed by atoms with Crippen LogP contribution in [0.1, 0.15) is 60.3 Å². The average Bonchev–Trinajstić information content (AvgIpc) is 2.51. The van der Waals surface area contributed by atoms with Gasteiger partial charge in [0, 0.05) is 17.5 Å². The molecular formula is C18H34N2S. The Balaban J connectivity index is 2.53. The van der Waals surface area contributed by atoms with Gasteiger partial charge in [0.1, 0.15) is 0 Å². The van der Waals surface area contributed by atoms with Crippen molar-refractivity contribution in [3.63, 3.8) is 0 Å². The molecule has 0 N–H and O–H groups in total. The van der Waals surface area contributed by atoms with Crippen molar-refractivity contribution in [1.29, 1.82) is 5.26 Å². The minimum atomic E-state index is 0.274. The molecule has 1 fully saturated rings. The van der Waals surface area contributed by atoms with E-state index in [9.17, 15) is 5.26 Å². The van der Waals surface area contributed by atoms with E-state index in [1.807, 2.05) is 0 Å². The lowest BCUT2D eigenvalue weighted by molar-refractivity contribution is 0.144. The van der Waals surface area contributed by atoms with Gasteiger partial charge in [0.2, 0.25) is 0 Å². The molecule has 122 valence electrons. The Morgan fingerprint density at radius 1 is 1.19 bits per heavy atom. The van der Waals surface area contributed by atoms with Gasteiger partial charge in [-0.25, -0.2) is 0 Å². The first-order valence-corrected chi connectivity index (χ1v) is 9.76. The van der Waals surface area contributed by atoms with Crippen molar-refractivity contribution in [3.05, 3.63) is 0 Å². The van der Waals surface area contributed by atoms with Gasteiger partial charge in [-0.2, -0.15) is 17.0 Å². The van der Waals surface area contributed by atoms with Crippen LogP contribution in [-0.2, 0) is 0 Å². The second-order valence-electron chi connectivity index (χ2n) is 7.02. The van der Waals surface area contributed by atoms with E-state index >= 15 is 0 Å². The summed E-state index contributed by atoms with van der Waals surface area (Å²) in [5, 5.41) is 9.99. The van der Waals surface area contributed by atoms with Crippen LogP contribution in [0.2, 0.25) is 0 Å². The van der Waals surface area contributed by atoms with Crippen LogP contribution in [0.3, 0.4) is 0 Å². The smallest absolute Gasteiger partial charge is 0.0667 e. The molecule has 0 aromatic heterocycles. The van der Waals surface area contributed by atoms with Crippen LogP contribution >= 0.6 is 11.8 Å². The third-order valence-corrected chi connectivity index (χ3v) is 6.98. The van der Waals surface area contributed by atoms with Crippen LogP contribution in [0.5, 0.6) is 0 Å². The zero-order chi connectivity index (χ0) is 15.9. The first-order valence-electron chi connectivity index (χ1n) is 8.72. The molecule has 3 heteroatoms. The molecule has 0 aliphatic heterocycles. The van der Waals surface area contributed by atoms with E-state index in [1.54, 1.807) is 0 Å². The van der Waals surface area contributed by atoms with Gasteiger partial charge in [-0.15, -0.1) is 0 Å². The highest BCUT2D eigenvalue weighted by atomic mass is 32.2. The standard InChI is InChI=1S/C18H34N2S/c1-6-18(4,5)16-10-9-15(14-19)17(13-16)21-12-11-20(7-2)8-3/h15-17H,6-13H2,1-5H3. The van der Waals surface area contributed by atoms with Crippen LogP contribution in [0.4, 0.5) is 0 Å². The van der Waals surface area contributed by atoms with Crippen molar-refractivity contribution in [1.82, 2.24) is 4.90 Å². The molecule has 0 bridgehead atoms. The predicted molar refractivity (Wildman–Crippen MR) is 94.6 cm³/mol. The number of rotatable bonds is 8. The zero-order valence-electron chi connectivity index (χ0n) is 14.7. The summed E-state index contributed by atoms with van der Waals surface area (Å²) in [5.74, 6) is 2.23. The molecule has 1 rings (SSSR count). The Bertz CT molecular complexity index is 331. The monoisotopic (exact) mass is 310 g/mol. The summed E-state index contributed by atoms with van der Waals surface area (Å²) in [4.78, 5) is 2.48. The van der Waals surface area contributed by atoms with E-state index < -0.39 is 0 Å². The molecule has 0 amide bonds. The van der Waals surface area contributed by atoms with Crippen LogP contribution < -0.4 is 0 Å². The second-order valence-corrected chi connectivity index (χ2v) is 8.37. The van der Waals surface area contributed by atoms with Gasteiger partial charge in [-0.1, -0.05) is 41.0 Å². The molecule has 0 heterocycles. The molecule has 0 aromatic carbocycles. The van der Waals surface area contributed by atoms with Gasteiger partial charge in [0.05, 0.1) is 12.0 Å². The Labute approximate surface area is 136 Å². The number of hydrogen-bond acceptors (Lipinski definition) is 3. The molecule has 21 heavy (non-hydrogen) atoms. The molecule has 0 saturated heterocycles. The molecular weight excluding hydrogens is 276 g/mol. The molecule has 2 nitrogen and oxygen atoms in total. The van der Waals surface area contributed by atoms with Crippen LogP contribution in [0, 0.1) is 28.6 Å². The van der Waals surface area contributed by atoms with E-state index in [0.717, 1.165) is 32.0 Å². The summed E-state index contributed by atoms with van der Waals surface area (Å²) >= 11 is 2.06. The fourth-order valence-electron chi connectivity index (χ4n) is 3.33. The van der Waals surface area contributed by atoms with Gasteiger partial charge in [0.15, 0.2) is 0 Å². The number of nitrogens with zero attached hydrogens (tertiary/aromatic N) is 2. The van der Waals surface area contributed by atoms with E-state index in [0.29, 0.717) is 10.7 Å². The number of nitriles is 1. The maximum absolute atomic E-state index is 9.43. The Kier molecular flexibility index (Phi) is 8.13. The maximum Gasteiger partial charge on any atom is 0.0667 e. The van der Waals surface area contributed by atoms with Crippen LogP contribution in [-0.4, -0.2) is 35.5 Å². The fraction of sp³-hybridized carbons (Fsp3) is 0.944. The van der Waals surface area contributed by atoms with Crippen LogP contribution in [0.15, 0.2) is 0 Å². The van der Waals surface area contributed by atoms with Crippen LogP contribution in [0.25, 0.3) is 0 Å². The molecule has 1 saturated carbocycles. The first-order chi connectivity index (χ1) is 9.98. The summed E-state index contributed by atoms with van der Waals surface area (Å²) in [7, 11) is 0. The lowest BCUT2D eigenvalue weighted by Gasteiger charge is -2.41. The Morgan fingerprint density at radius 2 is 1.86 bits per heavy atom. The molecule has 1 aliphatic rings. The van der Waals surface area contributed by atoms with Crippen molar-refractivity contribution in [2.75, 3.05) is 25.4 Å². The molecule has 3 atom stereocenters. The third-order valence-electron chi connectivity index (χ3n) is 5.61.